The maximum Gasteiger partial charge on any atom is 0.416 e. The summed E-state index contributed by atoms with van der Waals surface area (Å²) >= 11 is 1.89. The lowest BCUT2D eigenvalue weighted by atomic mass is 10.1. The molecule has 1 aromatic carbocycles. The molecule has 3 heterocycles. The number of carbonyl (C=O) groups is 1. The van der Waals surface area contributed by atoms with Crippen LogP contribution in [0.2, 0.25) is 0 Å². The number of halogens is 3. The van der Waals surface area contributed by atoms with Crippen molar-refractivity contribution in [1.29, 1.82) is 0 Å². The lowest BCUT2D eigenvalue weighted by molar-refractivity contribution is -0.137. The van der Waals surface area contributed by atoms with Crippen molar-refractivity contribution in [2.75, 3.05) is 34.8 Å². The summed E-state index contributed by atoms with van der Waals surface area (Å²) < 4.78 is 39.6. The van der Waals surface area contributed by atoms with Crippen LogP contribution in [-0.2, 0) is 6.18 Å². The van der Waals surface area contributed by atoms with Crippen LogP contribution in [0.25, 0.3) is 5.82 Å². The molecule has 11 heteroatoms. The Labute approximate surface area is 174 Å². The minimum atomic E-state index is -4.45. The predicted octanol–water partition coefficient (Wildman–Crippen LogP) is 3.49. The second kappa shape index (κ2) is 8.34. The summed E-state index contributed by atoms with van der Waals surface area (Å²) in [5, 5.41) is 6.91. The molecular weight excluding hydrogens is 417 g/mol. The van der Waals surface area contributed by atoms with Gasteiger partial charge in [-0.25, -0.2) is 14.6 Å². The quantitative estimate of drug-likeness (QED) is 0.678. The monoisotopic (exact) mass is 434 g/mol. The van der Waals surface area contributed by atoms with Crippen molar-refractivity contribution in [3.63, 3.8) is 0 Å². The molecule has 1 saturated heterocycles. The van der Waals surface area contributed by atoms with Crippen LogP contribution in [0.4, 0.5) is 24.5 Å². The van der Waals surface area contributed by atoms with Gasteiger partial charge in [-0.3, -0.25) is 4.79 Å². The average molecular weight is 434 g/mol. The van der Waals surface area contributed by atoms with Gasteiger partial charge in [-0.2, -0.15) is 30.0 Å². The number of hydrogen-bond donors (Lipinski definition) is 1. The van der Waals surface area contributed by atoms with Crippen molar-refractivity contribution >= 4 is 29.0 Å². The highest BCUT2D eigenvalue weighted by atomic mass is 32.2. The molecule has 7 nitrogen and oxygen atoms in total. The number of alkyl halides is 3. The largest absolute Gasteiger partial charge is 0.416 e. The van der Waals surface area contributed by atoms with Gasteiger partial charge < -0.3 is 10.2 Å². The first kappa shape index (κ1) is 20.2. The van der Waals surface area contributed by atoms with E-state index in [2.05, 4.69) is 25.3 Å². The van der Waals surface area contributed by atoms with Gasteiger partial charge in [-0.1, -0.05) is 0 Å². The molecule has 30 heavy (non-hydrogen) atoms. The zero-order chi connectivity index (χ0) is 21.1. The molecule has 1 N–H and O–H groups in total. The topological polar surface area (TPSA) is 75.9 Å². The lowest BCUT2D eigenvalue weighted by Crippen LogP contribution is -2.33. The van der Waals surface area contributed by atoms with Crippen LogP contribution in [0, 0.1) is 0 Å². The minimum Gasteiger partial charge on any atom is -0.366 e. The maximum atomic E-state index is 12.7. The number of rotatable bonds is 4. The molecule has 1 aliphatic rings. The van der Waals surface area contributed by atoms with E-state index in [0.29, 0.717) is 11.5 Å². The molecule has 1 fully saturated rings. The van der Waals surface area contributed by atoms with Gasteiger partial charge in [0.05, 0.1) is 29.8 Å². The van der Waals surface area contributed by atoms with Gasteiger partial charge in [0.15, 0.2) is 5.82 Å². The van der Waals surface area contributed by atoms with E-state index in [1.54, 1.807) is 17.1 Å². The third-order valence-electron chi connectivity index (χ3n) is 4.56. The first-order chi connectivity index (χ1) is 14.4. The Morgan fingerprint density at radius 3 is 2.53 bits per heavy atom. The van der Waals surface area contributed by atoms with Crippen LogP contribution in [0.1, 0.15) is 15.9 Å². The van der Waals surface area contributed by atoms with Crippen molar-refractivity contribution in [1.82, 2.24) is 19.7 Å². The third-order valence-corrected chi connectivity index (χ3v) is 5.50. The molecule has 0 bridgehead atoms. The zero-order valence-corrected chi connectivity index (χ0v) is 16.5. The van der Waals surface area contributed by atoms with Gasteiger partial charge in [-0.05, 0) is 24.3 Å². The summed E-state index contributed by atoms with van der Waals surface area (Å²) in [6.45, 7) is 1.76. The van der Waals surface area contributed by atoms with Gasteiger partial charge >= 0.3 is 6.18 Å². The fourth-order valence-electron chi connectivity index (χ4n) is 3.04. The summed E-state index contributed by atoms with van der Waals surface area (Å²) in [4.78, 5) is 23.0. The smallest absolute Gasteiger partial charge is 0.366 e. The number of thioether (sulfide) groups is 1. The number of hydrogen-bond acceptors (Lipinski definition) is 6. The van der Waals surface area contributed by atoms with Gasteiger partial charge in [0.2, 0.25) is 0 Å². The molecule has 0 spiro atoms. The zero-order valence-electron chi connectivity index (χ0n) is 15.6. The van der Waals surface area contributed by atoms with E-state index in [-0.39, 0.29) is 5.56 Å². The van der Waals surface area contributed by atoms with Gasteiger partial charge in [0, 0.05) is 30.2 Å². The van der Waals surface area contributed by atoms with Crippen molar-refractivity contribution in [3.05, 3.63) is 60.3 Å². The highest BCUT2D eigenvalue weighted by Crippen LogP contribution is 2.29. The highest BCUT2D eigenvalue weighted by molar-refractivity contribution is 7.99. The van der Waals surface area contributed by atoms with Crippen LogP contribution < -0.4 is 10.2 Å². The van der Waals surface area contributed by atoms with E-state index < -0.39 is 17.6 Å². The van der Waals surface area contributed by atoms with Crippen molar-refractivity contribution in [2.24, 2.45) is 0 Å². The Morgan fingerprint density at radius 1 is 1.10 bits per heavy atom. The molecule has 0 aliphatic carbocycles. The van der Waals surface area contributed by atoms with Crippen molar-refractivity contribution in [3.8, 4) is 5.82 Å². The molecule has 0 atom stereocenters. The first-order valence-electron chi connectivity index (χ1n) is 9.08. The summed E-state index contributed by atoms with van der Waals surface area (Å²) in [6, 6.07) is 4.03. The van der Waals surface area contributed by atoms with Crippen LogP contribution in [-0.4, -0.2) is 50.3 Å². The molecule has 1 amide bonds. The second-order valence-corrected chi connectivity index (χ2v) is 7.76. The van der Waals surface area contributed by atoms with E-state index in [1.165, 1.54) is 12.5 Å². The third kappa shape index (κ3) is 4.40. The maximum absolute atomic E-state index is 12.7. The lowest BCUT2D eigenvalue weighted by Gasteiger charge is -2.29. The number of nitrogens with zero attached hydrogens (tertiary/aromatic N) is 5. The Hall–Kier alpha value is -3.08. The Morgan fingerprint density at radius 2 is 1.83 bits per heavy atom. The van der Waals surface area contributed by atoms with Gasteiger partial charge in [0.25, 0.3) is 5.91 Å². The summed E-state index contributed by atoms with van der Waals surface area (Å²) in [7, 11) is 0. The normalized spacial score (nSPS) is 14.6. The number of amides is 1. The van der Waals surface area contributed by atoms with Crippen LogP contribution >= 0.6 is 11.8 Å². The van der Waals surface area contributed by atoms with E-state index in [9.17, 15) is 18.0 Å². The summed E-state index contributed by atoms with van der Waals surface area (Å²) in [5.41, 5.74) is 0.559. The van der Waals surface area contributed by atoms with Crippen LogP contribution in [0.5, 0.6) is 0 Å². The number of aromatic nitrogens is 4. The van der Waals surface area contributed by atoms with Crippen LogP contribution in [0.15, 0.2) is 49.2 Å². The van der Waals surface area contributed by atoms with Crippen molar-refractivity contribution in [2.45, 2.75) is 6.18 Å². The van der Waals surface area contributed by atoms with E-state index in [1.807, 2.05) is 11.8 Å². The molecule has 0 unspecified atom stereocenters. The highest BCUT2D eigenvalue weighted by Gasteiger charge is 2.30. The van der Waals surface area contributed by atoms with Gasteiger partial charge in [-0.15, -0.1) is 0 Å². The molecule has 4 rings (SSSR count). The van der Waals surface area contributed by atoms with Crippen LogP contribution in [0.3, 0.4) is 0 Å². The Bertz CT molecular complexity index is 1030. The SMILES string of the molecule is O=C(Nc1cnn(-c2ncncc2N2CCSCC2)c1)c1ccc(C(F)(F)F)cc1. The molecule has 2 aromatic heterocycles. The predicted molar refractivity (Wildman–Crippen MR) is 108 cm³/mol. The molecule has 0 radical (unpaired) electrons. The number of benzene rings is 1. The second-order valence-electron chi connectivity index (χ2n) is 6.53. The minimum absolute atomic E-state index is 0.115. The molecule has 3 aromatic rings. The number of anilines is 2. The summed E-state index contributed by atoms with van der Waals surface area (Å²) in [5.74, 6) is 2.09. The van der Waals surface area contributed by atoms with E-state index in [4.69, 9.17) is 0 Å². The van der Waals surface area contributed by atoms with E-state index >= 15 is 0 Å². The summed E-state index contributed by atoms with van der Waals surface area (Å²) in [6.07, 6.45) is 1.78. The molecule has 0 saturated carbocycles. The molecule has 1 aliphatic heterocycles. The van der Waals surface area contributed by atoms with Gasteiger partial charge in [0.1, 0.15) is 12.0 Å². The standard InChI is InChI=1S/C19H17F3N6OS/c20-19(21,22)14-3-1-13(2-4-14)18(29)26-15-9-25-28(11-15)17-16(10-23-12-24-17)27-5-7-30-8-6-27/h1-4,9-12H,5-8H2,(H,26,29). The number of carbonyl (C=O) groups excluding carboxylic acids is 1. The first-order valence-corrected chi connectivity index (χ1v) is 10.2. The Kier molecular flexibility index (Phi) is 5.62. The molecule has 156 valence electrons. The Balaban J connectivity index is 1.50. The fourth-order valence-corrected chi connectivity index (χ4v) is 3.94. The van der Waals surface area contributed by atoms with E-state index in [0.717, 1.165) is 54.5 Å². The molecular formula is C19H17F3N6OS. The average Bonchev–Trinajstić information content (AvgIpc) is 3.22. The number of nitrogens with one attached hydrogen (secondary N) is 1. The van der Waals surface area contributed by atoms with Crippen molar-refractivity contribution < 1.29 is 18.0 Å². The fraction of sp³-hybridized carbons (Fsp3) is 0.263.